The van der Waals surface area contributed by atoms with Gasteiger partial charge >= 0.3 is 6.18 Å². The molecule has 186 valence electrons. The van der Waals surface area contributed by atoms with E-state index in [1.807, 2.05) is 6.07 Å². The van der Waals surface area contributed by atoms with E-state index in [1.54, 1.807) is 18.2 Å². The molecular weight excluding hydrogens is 499 g/mol. The Morgan fingerprint density at radius 2 is 1.97 bits per heavy atom. The molecule has 0 unspecified atom stereocenters. The van der Waals surface area contributed by atoms with Crippen LogP contribution in [0.25, 0.3) is 5.69 Å². The first-order valence-electron chi connectivity index (χ1n) is 10.1. The topological polar surface area (TPSA) is 76.9 Å². The number of nitrogens with zero attached hydrogens (tertiary/aromatic N) is 4. The van der Waals surface area contributed by atoms with Crippen molar-refractivity contribution >= 4 is 24.8 Å². The number of methoxy groups -OCH3 is 1. The highest BCUT2D eigenvalue weighted by Crippen LogP contribution is 2.30. The van der Waals surface area contributed by atoms with Gasteiger partial charge in [0, 0.05) is 24.2 Å². The first-order valence-corrected chi connectivity index (χ1v) is 10.1. The van der Waals surface area contributed by atoms with Crippen LogP contribution in [0.1, 0.15) is 35.8 Å². The number of tetrazole rings is 1. The predicted molar refractivity (Wildman–Crippen MR) is 122 cm³/mol. The molecule has 0 amide bonds. The van der Waals surface area contributed by atoms with Crippen molar-refractivity contribution in [2.24, 2.45) is 0 Å². The zero-order chi connectivity index (χ0) is 22.7. The van der Waals surface area contributed by atoms with Gasteiger partial charge in [0.05, 0.1) is 12.8 Å². The van der Waals surface area contributed by atoms with Crippen molar-refractivity contribution in [3.8, 4) is 11.4 Å². The van der Waals surface area contributed by atoms with Gasteiger partial charge in [-0.15, -0.1) is 29.9 Å². The van der Waals surface area contributed by atoms with E-state index < -0.39 is 12.0 Å². The molecule has 2 N–H and O–H groups in total. The van der Waals surface area contributed by atoms with Crippen LogP contribution in [-0.2, 0) is 12.7 Å². The molecule has 0 radical (unpaired) electrons. The number of halogens is 6. The summed E-state index contributed by atoms with van der Waals surface area (Å²) in [4.78, 5) is 0. The van der Waals surface area contributed by atoms with Crippen LogP contribution in [0.4, 0.5) is 17.6 Å². The fourth-order valence-electron chi connectivity index (χ4n) is 3.97. The molecule has 1 aromatic heterocycles. The summed E-state index contributed by atoms with van der Waals surface area (Å²) in [5.41, 5.74) is 1.66. The van der Waals surface area contributed by atoms with Gasteiger partial charge in [0.15, 0.2) is 0 Å². The van der Waals surface area contributed by atoms with Crippen LogP contribution in [-0.4, -0.2) is 39.9 Å². The van der Waals surface area contributed by atoms with Crippen LogP contribution in [0, 0.1) is 5.82 Å². The largest absolute Gasteiger partial charge is 0.496 e. The van der Waals surface area contributed by atoms with E-state index in [0.29, 0.717) is 22.5 Å². The monoisotopic (exact) mass is 522 g/mol. The third-order valence-electron chi connectivity index (χ3n) is 5.45. The summed E-state index contributed by atoms with van der Waals surface area (Å²) in [6, 6.07) is 11.0. The van der Waals surface area contributed by atoms with Gasteiger partial charge in [-0.05, 0) is 65.7 Å². The number of hydrogen-bond donors (Lipinski definition) is 2. The van der Waals surface area contributed by atoms with E-state index in [1.165, 1.54) is 25.3 Å². The van der Waals surface area contributed by atoms with Crippen LogP contribution in [0.15, 0.2) is 42.5 Å². The van der Waals surface area contributed by atoms with Gasteiger partial charge in [0.1, 0.15) is 11.6 Å². The molecule has 0 aliphatic carbocycles. The summed E-state index contributed by atoms with van der Waals surface area (Å²) in [7, 11) is 1.49. The van der Waals surface area contributed by atoms with Gasteiger partial charge in [0.2, 0.25) is 0 Å². The van der Waals surface area contributed by atoms with Gasteiger partial charge < -0.3 is 15.4 Å². The second-order valence-corrected chi connectivity index (χ2v) is 7.52. The van der Waals surface area contributed by atoms with Crippen LogP contribution in [0.3, 0.4) is 0 Å². The van der Waals surface area contributed by atoms with Crippen molar-refractivity contribution in [1.82, 2.24) is 30.8 Å². The Hall–Kier alpha value is -2.47. The fraction of sp³-hybridized carbons (Fsp3) is 0.381. The number of hydrogen-bond acceptors (Lipinski definition) is 6. The minimum Gasteiger partial charge on any atom is -0.496 e. The Bertz CT molecular complexity index is 1080. The second-order valence-electron chi connectivity index (χ2n) is 7.52. The molecule has 1 fully saturated rings. The van der Waals surface area contributed by atoms with Crippen molar-refractivity contribution in [3.63, 3.8) is 0 Å². The van der Waals surface area contributed by atoms with Crippen LogP contribution < -0.4 is 15.4 Å². The van der Waals surface area contributed by atoms with Gasteiger partial charge in [-0.2, -0.15) is 17.9 Å². The van der Waals surface area contributed by atoms with Gasteiger partial charge in [0.25, 0.3) is 5.82 Å². The van der Waals surface area contributed by atoms with Crippen molar-refractivity contribution in [2.45, 2.75) is 37.6 Å². The SMILES string of the molecule is COc1ccc(-n2nnnc2C(F)(F)F)cc1CN[C@H]1CCCN[C@H]1c1cccc(F)c1.Cl.Cl. The van der Waals surface area contributed by atoms with Crippen LogP contribution in [0.5, 0.6) is 5.75 Å². The smallest absolute Gasteiger partial charge is 0.453 e. The van der Waals surface area contributed by atoms with Gasteiger partial charge in [-0.25, -0.2) is 4.39 Å². The molecule has 2 heterocycles. The highest BCUT2D eigenvalue weighted by Gasteiger charge is 2.38. The lowest BCUT2D eigenvalue weighted by atomic mass is 9.92. The minimum absolute atomic E-state index is 0. The molecule has 34 heavy (non-hydrogen) atoms. The van der Waals surface area contributed by atoms with E-state index in [-0.39, 0.29) is 48.4 Å². The van der Waals surface area contributed by atoms with Crippen molar-refractivity contribution in [2.75, 3.05) is 13.7 Å². The predicted octanol–water partition coefficient (Wildman–Crippen LogP) is 4.26. The Morgan fingerprint density at radius 1 is 1.18 bits per heavy atom. The average Bonchev–Trinajstić information content (AvgIpc) is 3.28. The molecule has 4 rings (SSSR count). The number of ether oxygens (including phenoxy) is 1. The molecule has 0 spiro atoms. The highest BCUT2D eigenvalue weighted by molar-refractivity contribution is 5.85. The van der Waals surface area contributed by atoms with Gasteiger partial charge in [-0.3, -0.25) is 0 Å². The minimum atomic E-state index is -4.69. The standard InChI is InChI=1S/C21H22F4N6O.2ClH/c1-32-18-8-7-16(31-20(21(23,24)25)28-29-30-31)11-14(18)12-27-17-6-3-9-26-19(17)13-4-2-5-15(22)10-13;;/h2,4-5,7-8,10-11,17,19,26-27H,3,6,9,12H2,1H3;2*1H/t17-,19-;;/m0../s1. The van der Waals surface area contributed by atoms with E-state index in [0.717, 1.165) is 24.9 Å². The van der Waals surface area contributed by atoms with E-state index in [4.69, 9.17) is 4.74 Å². The third kappa shape index (κ3) is 6.15. The summed E-state index contributed by atoms with van der Waals surface area (Å²) in [5.74, 6) is -0.983. The van der Waals surface area contributed by atoms with Crippen molar-refractivity contribution in [3.05, 3.63) is 65.2 Å². The Morgan fingerprint density at radius 3 is 2.68 bits per heavy atom. The summed E-state index contributed by atoms with van der Waals surface area (Å²) in [6.07, 6.45) is -2.88. The Balaban J connectivity index is 0.00000204. The second kappa shape index (κ2) is 11.8. The number of nitrogens with one attached hydrogen (secondary N) is 2. The fourth-order valence-corrected chi connectivity index (χ4v) is 3.97. The lowest BCUT2D eigenvalue weighted by Crippen LogP contribution is -2.45. The summed E-state index contributed by atoms with van der Waals surface area (Å²) in [6.45, 7) is 1.15. The van der Waals surface area contributed by atoms with E-state index in [2.05, 4.69) is 26.2 Å². The molecule has 1 saturated heterocycles. The Labute approximate surface area is 206 Å². The molecule has 3 aromatic rings. The number of aromatic nitrogens is 4. The van der Waals surface area contributed by atoms with Crippen molar-refractivity contribution in [1.29, 1.82) is 0 Å². The lowest BCUT2D eigenvalue weighted by molar-refractivity contribution is -0.146. The van der Waals surface area contributed by atoms with E-state index >= 15 is 0 Å². The molecule has 1 aliphatic rings. The maximum atomic E-state index is 13.7. The summed E-state index contributed by atoms with van der Waals surface area (Å²) in [5, 5.41) is 16.6. The lowest BCUT2D eigenvalue weighted by Gasteiger charge is -2.34. The van der Waals surface area contributed by atoms with Crippen LogP contribution in [0.2, 0.25) is 0 Å². The quantitative estimate of drug-likeness (QED) is 0.471. The van der Waals surface area contributed by atoms with Crippen molar-refractivity contribution < 1.29 is 22.3 Å². The maximum Gasteiger partial charge on any atom is 0.453 e. The molecule has 13 heteroatoms. The molecule has 0 bridgehead atoms. The average molecular weight is 523 g/mol. The number of benzene rings is 2. The zero-order valence-corrected chi connectivity index (χ0v) is 19.7. The first-order chi connectivity index (χ1) is 15.4. The number of rotatable bonds is 6. The molecule has 1 aliphatic heterocycles. The van der Waals surface area contributed by atoms with Gasteiger partial charge in [-0.1, -0.05) is 12.1 Å². The number of alkyl halides is 3. The third-order valence-corrected chi connectivity index (χ3v) is 5.45. The molecule has 2 atom stereocenters. The maximum absolute atomic E-state index is 13.7. The molecule has 2 aromatic carbocycles. The highest BCUT2D eigenvalue weighted by atomic mass is 35.5. The van der Waals surface area contributed by atoms with E-state index in [9.17, 15) is 17.6 Å². The normalized spacial score (nSPS) is 18.0. The summed E-state index contributed by atoms with van der Waals surface area (Å²) < 4.78 is 59.4. The molecule has 7 nitrogen and oxygen atoms in total. The first kappa shape index (κ1) is 27.8. The molecule has 0 saturated carbocycles. The number of piperidine rings is 1. The Kier molecular flexibility index (Phi) is 9.63. The van der Waals surface area contributed by atoms with Crippen LogP contribution >= 0.6 is 24.8 Å². The summed E-state index contributed by atoms with van der Waals surface area (Å²) >= 11 is 0. The molecular formula is C21H24Cl2F4N6O. The zero-order valence-electron chi connectivity index (χ0n) is 18.1.